The number of nitrogens with one attached hydrogen (secondary N) is 2. The van der Waals surface area contributed by atoms with E-state index < -0.39 is 10.0 Å². The second-order valence-electron chi connectivity index (χ2n) is 4.80. The monoisotopic (exact) mass is 320 g/mol. The molecule has 0 aromatic heterocycles. The van der Waals surface area contributed by atoms with Gasteiger partial charge in [0.25, 0.3) is 0 Å². The lowest BCUT2D eigenvalue weighted by Crippen LogP contribution is -2.45. The molecule has 5 nitrogen and oxygen atoms in total. The first-order valence-electron chi connectivity index (χ1n) is 6.40. The molecule has 1 fully saturated rings. The molecular formula is C13H21ClN2O3S. The summed E-state index contributed by atoms with van der Waals surface area (Å²) in [6, 6.07) is 4.87. The highest BCUT2D eigenvalue weighted by molar-refractivity contribution is 7.89. The smallest absolute Gasteiger partial charge is 0.240 e. The number of aryl methyl sites for hydroxylation is 1. The van der Waals surface area contributed by atoms with Crippen LogP contribution in [0.2, 0.25) is 0 Å². The number of hydrogen-bond acceptors (Lipinski definition) is 4. The van der Waals surface area contributed by atoms with Gasteiger partial charge in [-0.15, -0.1) is 12.4 Å². The molecule has 114 valence electrons. The van der Waals surface area contributed by atoms with Gasteiger partial charge in [-0.05, 0) is 50.1 Å². The molecule has 1 aliphatic heterocycles. The van der Waals surface area contributed by atoms with Gasteiger partial charge in [0.05, 0.1) is 12.0 Å². The van der Waals surface area contributed by atoms with Crippen LogP contribution in [0.4, 0.5) is 0 Å². The average molecular weight is 321 g/mol. The van der Waals surface area contributed by atoms with Gasteiger partial charge in [0.15, 0.2) is 0 Å². The summed E-state index contributed by atoms with van der Waals surface area (Å²) >= 11 is 0. The van der Waals surface area contributed by atoms with Crippen molar-refractivity contribution in [3.63, 3.8) is 0 Å². The highest BCUT2D eigenvalue weighted by Gasteiger charge is 2.22. The third-order valence-electron chi connectivity index (χ3n) is 3.30. The zero-order chi connectivity index (χ0) is 13.9. The van der Waals surface area contributed by atoms with E-state index in [9.17, 15) is 8.42 Å². The molecule has 0 saturated carbocycles. The summed E-state index contributed by atoms with van der Waals surface area (Å²) in [7, 11) is -1.88. The molecule has 0 bridgehead atoms. The van der Waals surface area contributed by atoms with E-state index in [1.165, 1.54) is 0 Å². The van der Waals surface area contributed by atoms with Crippen molar-refractivity contribution < 1.29 is 13.2 Å². The molecular weight excluding hydrogens is 300 g/mol. The maximum atomic E-state index is 12.3. The van der Waals surface area contributed by atoms with Crippen LogP contribution in [-0.4, -0.2) is 34.7 Å². The van der Waals surface area contributed by atoms with E-state index in [0.29, 0.717) is 12.3 Å². The van der Waals surface area contributed by atoms with Crippen LogP contribution in [0.3, 0.4) is 0 Å². The maximum absolute atomic E-state index is 12.3. The second-order valence-corrected chi connectivity index (χ2v) is 6.51. The molecule has 1 atom stereocenters. The summed E-state index contributed by atoms with van der Waals surface area (Å²) in [5.41, 5.74) is 0.812. The Morgan fingerprint density at radius 2 is 2.15 bits per heavy atom. The Morgan fingerprint density at radius 3 is 2.70 bits per heavy atom. The lowest BCUT2D eigenvalue weighted by molar-refractivity contribution is 0.411. The van der Waals surface area contributed by atoms with Crippen LogP contribution in [0.15, 0.2) is 23.1 Å². The number of sulfonamides is 1. The topological polar surface area (TPSA) is 67.4 Å². The molecule has 0 radical (unpaired) electrons. The van der Waals surface area contributed by atoms with Crippen LogP contribution < -0.4 is 14.8 Å². The molecule has 1 heterocycles. The predicted octanol–water partition coefficient (Wildman–Crippen LogP) is 1.46. The first-order valence-corrected chi connectivity index (χ1v) is 7.89. The van der Waals surface area contributed by atoms with Gasteiger partial charge in [-0.1, -0.05) is 0 Å². The fraction of sp³-hybridized carbons (Fsp3) is 0.538. The van der Waals surface area contributed by atoms with Crippen LogP contribution in [0.1, 0.15) is 18.4 Å². The Morgan fingerprint density at radius 1 is 1.40 bits per heavy atom. The van der Waals surface area contributed by atoms with Crippen LogP contribution >= 0.6 is 12.4 Å². The first kappa shape index (κ1) is 17.2. The number of halogens is 1. The minimum atomic E-state index is -3.45. The Kier molecular flexibility index (Phi) is 6.26. The Labute approximate surface area is 126 Å². The lowest BCUT2D eigenvalue weighted by atomic mass is 10.1. The number of benzene rings is 1. The summed E-state index contributed by atoms with van der Waals surface area (Å²) in [5.74, 6) is 0.693. The molecule has 1 aromatic rings. The van der Waals surface area contributed by atoms with Crippen LogP contribution in [0.25, 0.3) is 0 Å². The number of rotatable bonds is 4. The summed E-state index contributed by atoms with van der Waals surface area (Å²) in [6.45, 7) is 3.48. The molecule has 1 saturated heterocycles. The molecule has 1 aromatic carbocycles. The fourth-order valence-electron chi connectivity index (χ4n) is 2.26. The van der Waals surface area contributed by atoms with Gasteiger partial charge in [-0.3, -0.25) is 0 Å². The van der Waals surface area contributed by atoms with Crippen molar-refractivity contribution in [3.8, 4) is 5.75 Å². The third-order valence-corrected chi connectivity index (χ3v) is 4.81. The Bertz CT molecular complexity index is 543. The van der Waals surface area contributed by atoms with Crippen molar-refractivity contribution in [3.05, 3.63) is 23.8 Å². The minimum Gasteiger partial charge on any atom is -0.496 e. The Balaban J connectivity index is 0.00000200. The van der Waals surface area contributed by atoms with Gasteiger partial charge in [-0.2, -0.15) is 0 Å². The van der Waals surface area contributed by atoms with E-state index >= 15 is 0 Å². The first-order chi connectivity index (χ1) is 9.03. The van der Waals surface area contributed by atoms with Crippen molar-refractivity contribution in [1.29, 1.82) is 0 Å². The third kappa shape index (κ3) is 4.09. The van der Waals surface area contributed by atoms with E-state index in [4.69, 9.17) is 4.74 Å². The van der Waals surface area contributed by atoms with Crippen molar-refractivity contribution in [2.75, 3.05) is 20.2 Å². The van der Waals surface area contributed by atoms with Crippen molar-refractivity contribution in [2.45, 2.75) is 30.7 Å². The standard InChI is InChI=1S/C13H20N2O3S.ClH/c1-10-8-12(5-6-13(10)18-2)19(16,17)15-11-4-3-7-14-9-11;/h5-6,8,11,14-15H,3-4,7,9H2,1-2H3;1H/t11-;/m0./s1. The van der Waals surface area contributed by atoms with E-state index in [-0.39, 0.29) is 23.3 Å². The summed E-state index contributed by atoms with van der Waals surface area (Å²) < 4.78 is 32.4. The number of piperidine rings is 1. The molecule has 0 aliphatic carbocycles. The zero-order valence-corrected chi connectivity index (χ0v) is 13.3. The molecule has 20 heavy (non-hydrogen) atoms. The largest absolute Gasteiger partial charge is 0.496 e. The van der Waals surface area contributed by atoms with Gasteiger partial charge in [0, 0.05) is 12.6 Å². The van der Waals surface area contributed by atoms with E-state index in [1.54, 1.807) is 25.3 Å². The summed E-state index contributed by atoms with van der Waals surface area (Å²) in [6.07, 6.45) is 1.87. The van der Waals surface area contributed by atoms with Crippen molar-refractivity contribution in [2.24, 2.45) is 0 Å². The van der Waals surface area contributed by atoms with Gasteiger partial charge >= 0.3 is 0 Å². The van der Waals surface area contributed by atoms with Crippen molar-refractivity contribution in [1.82, 2.24) is 10.0 Å². The molecule has 2 rings (SSSR count). The SMILES string of the molecule is COc1ccc(S(=O)(=O)N[C@H]2CCCNC2)cc1C.Cl. The Hall–Kier alpha value is -0.820. The minimum absolute atomic E-state index is 0. The summed E-state index contributed by atoms with van der Waals surface area (Å²) in [5, 5.41) is 3.19. The fourth-order valence-corrected chi connectivity index (χ4v) is 3.61. The van der Waals surface area contributed by atoms with E-state index in [1.807, 2.05) is 6.92 Å². The van der Waals surface area contributed by atoms with Gasteiger partial charge in [-0.25, -0.2) is 13.1 Å². The highest BCUT2D eigenvalue weighted by atomic mass is 35.5. The zero-order valence-electron chi connectivity index (χ0n) is 11.7. The number of ether oxygens (including phenoxy) is 1. The van der Waals surface area contributed by atoms with Gasteiger partial charge in [0.1, 0.15) is 5.75 Å². The molecule has 0 amide bonds. The predicted molar refractivity (Wildman–Crippen MR) is 81.2 cm³/mol. The molecule has 1 aliphatic rings. The van der Waals surface area contributed by atoms with Crippen LogP contribution in [0.5, 0.6) is 5.75 Å². The van der Waals surface area contributed by atoms with Crippen molar-refractivity contribution >= 4 is 22.4 Å². The number of methoxy groups -OCH3 is 1. The molecule has 0 unspecified atom stereocenters. The van der Waals surface area contributed by atoms with E-state index in [2.05, 4.69) is 10.0 Å². The second kappa shape index (κ2) is 7.26. The summed E-state index contributed by atoms with van der Waals surface area (Å²) in [4.78, 5) is 0.288. The normalized spacial score (nSPS) is 19.2. The van der Waals surface area contributed by atoms with Gasteiger partial charge in [0.2, 0.25) is 10.0 Å². The quantitative estimate of drug-likeness (QED) is 0.881. The van der Waals surface area contributed by atoms with Crippen LogP contribution in [0, 0.1) is 6.92 Å². The highest BCUT2D eigenvalue weighted by Crippen LogP contribution is 2.21. The average Bonchev–Trinajstić information content (AvgIpc) is 2.39. The van der Waals surface area contributed by atoms with Crippen LogP contribution in [-0.2, 0) is 10.0 Å². The molecule has 0 spiro atoms. The van der Waals surface area contributed by atoms with Gasteiger partial charge < -0.3 is 10.1 Å². The molecule has 7 heteroatoms. The lowest BCUT2D eigenvalue weighted by Gasteiger charge is -2.23. The molecule has 2 N–H and O–H groups in total. The maximum Gasteiger partial charge on any atom is 0.240 e. The number of hydrogen-bond donors (Lipinski definition) is 2. The van der Waals surface area contributed by atoms with E-state index in [0.717, 1.165) is 24.9 Å².